The summed E-state index contributed by atoms with van der Waals surface area (Å²) < 4.78 is 17.6. The Hall–Kier alpha value is -3.94. The molecule has 1 aliphatic rings. The highest BCUT2D eigenvalue weighted by Gasteiger charge is 2.47. The van der Waals surface area contributed by atoms with Gasteiger partial charge in [0.1, 0.15) is 24.4 Å². The fourth-order valence-electron chi connectivity index (χ4n) is 8.90. The van der Waals surface area contributed by atoms with Gasteiger partial charge in [-0.25, -0.2) is 0 Å². The number of hydrogen-bond acceptors (Lipinski definition) is 10. The average Bonchev–Trinajstić information content (AvgIpc) is 3.45. The Bertz CT molecular complexity index is 1740. The van der Waals surface area contributed by atoms with E-state index in [0.717, 1.165) is 122 Å². The van der Waals surface area contributed by atoms with Crippen molar-refractivity contribution in [1.29, 1.82) is 0 Å². The standard InChI is InChI=1S/C68H113NO10/c1-4-7-10-13-16-19-22-24-26-28-29-30-31-32-33-34-36-38-41-44-47-50-53-56-63(73)79-66-65(75)64(74)62(57-70)78-68(66)77-58-59(60(71)54-51-48-45-42-39-21-18-15-12-9-6-3)69-67(76)61(72)55-52-49-46-43-40-37-35-27-25-23-20-17-14-11-8-5-2/h8,11,16-17,19-20,24-27,29-30,32-33,37,40,46,49,51,54,59-62,64-66,68,70-72,74-75H,4-7,9-10,12-15,18,21-23,28,31,34-36,38-39,41-45,47-48,50,52-53,55-58H2,1-3H3,(H,69,76)/b11-8-,19-16-,20-17-,26-24-,27-25-,30-29-,33-32-,40-37-,49-46-,54-51+. The molecule has 0 aromatic carbocycles. The molecule has 8 atom stereocenters. The number of nitrogens with one attached hydrogen (secondary N) is 1. The van der Waals surface area contributed by atoms with Crippen molar-refractivity contribution in [2.45, 2.75) is 282 Å². The van der Waals surface area contributed by atoms with E-state index in [4.69, 9.17) is 14.2 Å². The molecule has 450 valence electrons. The van der Waals surface area contributed by atoms with Crippen LogP contribution in [0.25, 0.3) is 0 Å². The van der Waals surface area contributed by atoms with E-state index in [1.54, 1.807) is 6.08 Å². The summed E-state index contributed by atoms with van der Waals surface area (Å²) in [5.41, 5.74) is 0. The van der Waals surface area contributed by atoms with Crippen molar-refractivity contribution in [2.75, 3.05) is 13.2 Å². The lowest BCUT2D eigenvalue weighted by Crippen LogP contribution is -2.61. The molecule has 8 unspecified atom stereocenters. The maximum atomic E-state index is 13.4. The average molecular weight is 1100 g/mol. The summed E-state index contributed by atoms with van der Waals surface area (Å²) in [4.78, 5) is 26.5. The molecule has 79 heavy (non-hydrogen) atoms. The number of aliphatic hydroxyl groups excluding tert-OH is 5. The minimum absolute atomic E-state index is 0.0974. The van der Waals surface area contributed by atoms with Gasteiger partial charge in [-0.1, -0.05) is 239 Å². The van der Waals surface area contributed by atoms with Crippen LogP contribution >= 0.6 is 0 Å². The van der Waals surface area contributed by atoms with Crippen LogP contribution in [0.5, 0.6) is 0 Å². The van der Waals surface area contributed by atoms with Gasteiger partial charge in [-0.3, -0.25) is 9.59 Å². The van der Waals surface area contributed by atoms with E-state index in [9.17, 15) is 35.1 Å². The van der Waals surface area contributed by atoms with Crippen LogP contribution in [0.3, 0.4) is 0 Å². The fraction of sp³-hybridized carbons (Fsp3) is 0.676. The molecule has 1 saturated heterocycles. The van der Waals surface area contributed by atoms with Gasteiger partial charge < -0.3 is 45.1 Å². The van der Waals surface area contributed by atoms with Crippen molar-refractivity contribution < 1.29 is 49.3 Å². The Labute approximate surface area is 480 Å². The molecule has 1 aliphatic heterocycles. The second kappa shape index (κ2) is 54.6. The molecule has 0 bridgehead atoms. The number of amides is 1. The van der Waals surface area contributed by atoms with Crippen LogP contribution in [0.4, 0.5) is 0 Å². The third-order valence-electron chi connectivity index (χ3n) is 13.9. The molecule has 1 heterocycles. The Kier molecular flexibility index (Phi) is 50.5. The second-order valence-corrected chi connectivity index (χ2v) is 21.0. The van der Waals surface area contributed by atoms with Gasteiger partial charge in [-0.15, -0.1) is 0 Å². The fourth-order valence-corrected chi connectivity index (χ4v) is 8.90. The zero-order valence-corrected chi connectivity index (χ0v) is 49.7. The van der Waals surface area contributed by atoms with E-state index in [0.29, 0.717) is 12.8 Å². The normalized spacial score (nSPS) is 19.7. The van der Waals surface area contributed by atoms with Crippen LogP contribution in [-0.4, -0.2) is 99.6 Å². The van der Waals surface area contributed by atoms with Crippen LogP contribution in [0.15, 0.2) is 122 Å². The van der Waals surface area contributed by atoms with Crippen LogP contribution < -0.4 is 5.32 Å². The monoisotopic (exact) mass is 1100 g/mol. The first-order valence-electron chi connectivity index (χ1n) is 31.3. The van der Waals surface area contributed by atoms with Crippen LogP contribution in [0.2, 0.25) is 0 Å². The Morgan fingerprint density at radius 2 is 0.911 bits per heavy atom. The summed E-state index contributed by atoms with van der Waals surface area (Å²) in [5, 5.41) is 56.9. The number of aliphatic hydroxyl groups is 5. The molecule has 1 rings (SSSR count). The third kappa shape index (κ3) is 42.6. The molecule has 6 N–H and O–H groups in total. The van der Waals surface area contributed by atoms with E-state index in [1.807, 2.05) is 18.2 Å². The van der Waals surface area contributed by atoms with Crippen LogP contribution in [-0.2, 0) is 23.8 Å². The molecule has 0 aliphatic carbocycles. The number of carbonyl (C=O) groups excluding carboxylic acids is 2. The van der Waals surface area contributed by atoms with Gasteiger partial charge in [0.2, 0.25) is 5.91 Å². The van der Waals surface area contributed by atoms with Gasteiger partial charge >= 0.3 is 5.97 Å². The molecular formula is C68H113NO10. The SMILES string of the molecule is CC/C=C\C/C=C\C/C=C\C/C=C\C/C=C\CCC(O)C(=O)NC(COC1OC(CO)C(O)C(O)C1OC(=O)CCCCCCCCC/C=C\C/C=C\C/C=C\C/C=C\CCCCC)C(O)/C=C/CCCCCCCCCCC. The molecule has 1 fully saturated rings. The predicted molar refractivity (Wildman–Crippen MR) is 328 cm³/mol. The van der Waals surface area contributed by atoms with Gasteiger partial charge in [0.25, 0.3) is 0 Å². The minimum atomic E-state index is -1.64. The van der Waals surface area contributed by atoms with Crippen LogP contribution in [0, 0.1) is 0 Å². The molecule has 0 aromatic heterocycles. The highest BCUT2D eigenvalue weighted by Crippen LogP contribution is 2.26. The zero-order chi connectivity index (χ0) is 57.5. The number of hydrogen-bond donors (Lipinski definition) is 6. The first kappa shape index (κ1) is 73.1. The predicted octanol–water partition coefficient (Wildman–Crippen LogP) is 15.1. The van der Waals surface area contributed by atoms with Crippen molar-refractivity contribution in [1.82, 2.24) is 5.32 Å². The molecule has 11 nitrogen and oxygen atoms in total. The molecule has 1 amide bonds. The van der Waals surface area contributed by atoms with E-state index in [-0.39, 0.29) is 19.4 Å². The lowest BCUT2D eigenvalue weighted by Gasteiger charge is -2.41. The van der Waals surface area contributed by atoms with Gasteiger partial charge in [0.05, 0.1) is 25.4 Å². The smallest absolute Gasteiger partial charge is 0.306 e. The van der Waals surface area contributed by atoms with E-state index < -0.39 is 67.4 Å². The van der Waals surface area contributed by atoms with E-state index in [1.165, 1.54) is 64.2 Å². The lowest BCUT2D eigenvalue weighted by atomic mass is 9.99. The van der Waals surface area contributed by atoms with Gasteiger partial charge in [0.15, 0.2) is 12.4 Å². The highest BCUT2D eigenvalue weighted by molar-refractivity contribution is 5.80. The number of unbranched alkanes of at least 4 members (excludes halogenated alkanes) is 19. The first-order valence-corrected chi connectivity index (χ1v) is 31.3. The second-order valence-electron chi connectivity index (χ2n) is 21.0. The summed E-state index contributed by atoms with van der Waals surface area (Å²) in [7, 11) is 0. The van der Waals surface area contributed by atoms with Crippen LogP contribution in [0.1, 0.15) is 233 Å². The Balaban J connectivity index is 2.69. The maximum absolute atomic E-state index is 13.4. The third-order valence-corrected chi connectivity index (χ3v) is 13.9. The molecule has 0 saturated carbocycles. The summed E-state index contributed by atoms with van der Waals surface area (Å²) in [6.07, 6.45) is 65.3. The molecule has 0 radical (unpaired) electrons. The van der Waals surface area contributed by atoms with Crippen molar-refractivity contribution in [3.05, 3.63) is 122 Å². The van der Waals surface area contributed by atoms with Gasteiger partial charge in [0, 0.05) is 6.42 Å². The molecule has 11 heteroatoms. The van der Waals surface area contributed by atoms with Crippen molar-refractivity contribution in [3.8, 4) is 0 Å². The number of ether oxygens (including phenoxy) is 3. The highest BCUT2D eigenvalue weighted by atomic mass is 16.7. The summed E-state index contributed by atoms with van der Waals surface area (Å²) >= 11 is 0. The van der Waals surface area contributed by atoms with Crippen molar-refractivity contribution >= 4 is 11.9 Å². The minimum Gasteiger partial charge on any atom is -0.454 e. The summed E-state index contributed by atoms with van der Waals surface area (Å²) in [6, 6.07) is -1.06. The quantitative estimate of drug-likeness (QED) is 0.0195. The first-order chi connectivity index (χ1) is 38.7. The molecular weight excluding hydrogens is 991 g/mol. The Morgan fingerprint density at radius 3 is 1.39 bits per heavy atom. The van der Waals surface area contributed by atoms with E-state index in [2.05, 4.69) is 123 Å². The maximum Gasteiger partial charge on any atom is 0.306 e. The van der Waals surface area contributed by atoms with Crippen molar-refractivity contribution in [3.63, 3.8) is 0 Å². The van der Waals surface area contributed by atoms with Gasteiger partial charge in [-0.2, -0.15) is 0 Å². The number of rotatable bonds is 51. The summed E-state index contributed by atoms with van der Waals surface area (Å²) in [5.74, 6) is -1.28. The lowest BCUT2D eigenvalue weighted by molar-refractivity contribution is -0.305. The summed E-state index contributed by atoms with van der Waals surface area (Å²) in [6.45, 7) is 5.58. The Morgan fingerprint density at radius 1 is 0.506 bits per heavy atom. The molecule has 0 spiro atoms. The largest absolute Gasteiger partial charge is 0.454 e. The number of allylic oxidation sites excluding steroid dienone is 19. The topological polar surface area (TPSA) is 175 Å². The van der Waals surface area contributed by atoms with Gasteiger partial charge in [-0.05, 0) is 109 Å². The number of carbonyl (C=O) groups is 2. The van der Waals surface area contributed by atoms with Crippen molar-refractivity contribution in [2.24, 2.45) is 0 Å². The molecule has 0 aromatic rings. The zero-order valence-electron chi connectivity index (χ0n) is 49.7. The number of esters is 1. The van der Waals surface area contributed by atoms with E-state index >= 15 is 0 Å².